The van der Waals surface area contributed by atoms with Crippen molar-refractivity contribution in [2.24, 2.45) is 0 Å². The molecule has 4 nitrogen and oxygen atoms in total. The van der Waals surface area contributed by atoms with Crippen molar-refractivity contribution in [2.45, 2.75) is 69.2 Å². The fourth-order valence-electron chi connectivity index (χ4n) is 4.43. The van der Waals surface area contributed by atoms with Crippen LogP contribution in [0.15, 0.2) is 24.3 Å². The van der Waals surface area contributed by atoms with Crippen LogP contribution in [0.3, 0.4) is 0 Å². The van der Waals surface area contributed by atoms with Crippen LogP contribution in [-0.2, 0) is 15.7 Å². The zero-order valence-corrected chi connectivity index (χ0v) is 16.2. The maximum Gasteiger partial charge on any atom is 0.416 e. The average Bonchev–Trinajstić information content (AvgIpc) is 2.71. The van der Waals surface area contributed by atoms with E-state index in [2.05, 4.69) is 0 Å². The van der Waals surface area contributed by atoms with Crippen LogP contribution < -0.4 is 0 Å². The maximum atomic E-state index is 13.3. The van der Waals surface area contributed by atoms with Gasteiger partial charge in [0.15, 0.2) is 0 Å². The number of carbonyl (C=O) groups excluding carboxylic acids is 1. The smallest absolute Gasteiger partial charge is 0.416 e. The summed E-state index contributed by atoms with van der Waals surface area (Å²) in [6.45, 7) is 1.14. The molecule has 1 aromatic carbocycles. The van der Waals surface area contributed by atoms with Gasteiger partial charge in [-0.25, -0.2) is 4.79 Å². The van der Waals surface area contributed by atoms with Crippen molar-refractivity contribution < 1.29 is 27.4 Å². The Bertz CT molecular complexity index is 657. The highest BCUT2D eigenvalue weighted by Gasteiger charge is 2.36. The number of hydrogen-bond acceptors (Lipinski definition) is 3. The van der Waals surface area contributed by atoms with Crippen molar-refractivity contribution in [2.75, 3.05) is 20.3 Å². The van der Waals surface area contributed by atoms with Crippen molar-refractivity contribution >= 4 is 6.09 Å². The van der Waals surface area contributed by atoms with E-state index >= 15 is 0 Å². The van der Waals surface area contributed by atoms with E-state index in [1.165, 1.54) is 19.2 Å². The van der Waals surface area contributed by atoms with Gasteiger partial charge >= 0.3 is 12.3 Å². The molecule has 0 radical (unpaired) electrons. The molecule has 1 aromatic rings. The number of halogens is 3. The minimum Gasteiger partial charge on any atom is -0.453 e. The van der Waals surface area contributed by atoms with Crippen LogP contribution in [0.25, 0.3) is 0 Å². The molecule has 1 heterocycles. The molecule has 1 unspecified atom stereocenters. The quantitative estimate of drug-likeness (QED) is 0.683. The molecule has 1 aliphatic carbocycles. The van der Waals surface area contributed by atoms with Gasteiger partial charge in [-0.2, -0.15) is 13.2 Å². The zero-order valence-electron chi connectivity index (χ0n) is 16.2. The molecule has 0 spiro atoms. The van der Waals surface area contributed by atoms with Crippen molar-refractivity contribution in [1.82, 2.24) is 4.90 Å². The van der Waals surface area contributed by atoms with E-state index in [9.17, 15) is 18.0 Å². The molecule has 28 heavy (non-hydrogen) atoms. The molecule has 1 saturated carbocycles. The summed E-state index contributed by atoms with van der Waals surface area (Å²) in [5.41, 5.74) is -0.118. The van der Waals surface area contributed by atoms with Gasteiger partial charge < -0.3 is 14.4 Å². The SMILES string of the molecule is COC(=O)N1CCCCC1CO[C@H]1CC[C@@H](c2ccccc2C(F)(F)F)CC1. The summed E-state index contributed by atoms with van der Waals surface area (Å²) < 4.78 is 50.7. The lowest BCUT2D eigenvalue weighted by atomic mass is 9.81. The number of methoxy groups -OCH3 is 1. The fraction of sp³-hybridized carbons (Fsp3) is 0.667. The van der Waals surface area contributed by atoms with E-state index in [-0.39, 0.29) is 24.2 Å². The molecule has 0 bridgehead atoms. The van der Waals surface area contributed by atoms with E-state index in [1.54, 1.807) is 17.0 Å². The van der Waals surface area contributed by atoms with Gasteiger partial charge in [0, 0.05) is 6.54 Å². The second-order valence-electron chi connectivity index (χ2n) is 7.71. The van der Waals surface area contributed by atoms with Gasteiger partial charge in [0.25, 0.3) is 0 Å². The minimum atomic E-state index is -4.32. The highest BCUT2D eigenvalue weighted by atomic mass is 19.4. The van der Waals surface area contributed by atoms with E-state index in [0.717, 1.165) is 32.1 Å². The van der Waals surface area contributed by atoms with Crippen molar-refractivity contribution in [3.8, 4) is 0 Å². The molecule has 2 aliphatic rings. The molecule has 1 saturated heterocycles. The van der Waals surface area contributed by atoms with Crippen LogP contribution in [0.4, 0.5) is 18.0 Å². The lowest BCUT2D eigenvalue weighted by Crippen LogP contribution is -2.46. The molecule has 1 amide bonds. The van der Waals surface area contributed by atoms with Gasteiger partial charge in [0.2, 0.25) is 0 Å². The van der Waals surface area contributed by atoms with Crippen LogP contribution in [0.2, 0.25) is 0 Å². The lowest BCUT2D eigenvalue weighted by molar-refractivity contribution is -0.138. The number of ether oxygens (including phenoxy) is 2. The molecule has 3 rings (SSSR count). The third-order valence-electron chi connectivity index (χ3n) is 5.94. The second kappa shape index (κ2) is 9.16. The topological polar surface area (TPSA) is 38.8 Å². The molecule has 2 fully saturated rings. The first kappa shape index (κ1) is 21.0. The van der Waals surface area contributed by atoms with Gasteiger partial charge in [-0.15, -0.1) is 0 Å². The molecule has 1 aliphatic heterocycles. The summed E-state index contributed by atoms with van der Waals surface area (Å²) in [5, 5.41) is 0. The first-order valence-corrected chi connectivity index (χ1v) is 10.0. The van der Waals surface area contributed by atoms with Gasteiger partial charge in [-0.1, -0.05) is 18.2 Å². The predicted molar refractivity (Wildman–Crippen MR) is 99.1 cm³/mol. The number of amides is 1. The Kier molecular flexibility index (Phi) is 6.86. The maximum absolute atomic E-state index is 13.3. The summed E-state index contributed by atoms with van der Waals surface area (Å²) in [6, 6.07) is 5.91. The normalized spacial score (nSPS) is 26.1. The summed E-state index contributed by atoms with van der Waals surface area (Å²) in [5.74, 6) is -0.0843. The Hall–Kier alpha value is -1.76. The summed E-state index contributed by atoms with van der Waals surface area (Å²) in [4.78, 5) is 13.6. The van der Waals surface area contributed by atoms with Crippen LogP contribution in [0.5, 0.6) is 0 Å². The van der Waals surface area contributed by atoms with Gasteiger partial charge in [0.05, 0.1) is 31.4 Å². The Morgan fingerprint density at radius 1 is 1.11 bits per heavy atom. The van der Waals surface area contributed by atoms with Crippen LogP contribution in [0, 0.1) is 0 Å². The molecule has 7 heteroatoms. The first-order chi connectivity index (χ1) is 13.4. The standard InChI is InChI=1S/C21H28F3NO3/c1-27-20(26)25-13-5-4-6-16(25)14-28-17-11-9-15(10-12-17)18-7-2-3-8-19(18)21(22,23)24/h2-3,7-8,15-17H,4-6,9-14H2,1H3/t15-,16?,17+. The third kappa shape index (κ3) is 4.99. The average molecular weight is 399 g/mol. The summed E-state index contributed by atoms with van der Waals surface area (Å²) in [7, 11) is 1.38. The first-order valence-electron chi connectivity index (χ1n) is 10.0. The van der Waals surface area contributed by atoms with Crippen LogP contribution in [0.1, 0.15) is 62.0 Å². The number of hydrogen-bond donors (Lipinski definition) is 0. The van der Waals surface area contributed by atoms with Crippen molar-refractivity contribution in [3.63, 3.8) is 0 Å². The minimum absolute atomic E-state index is 0.0184. The number of benzene rings is 1. The number of likely N-dealkylation sites (tertiary alicyclic amines) is 1. The highest BCUT2D eigenvalue weighted by Crippen LogP contribution is 2.41. The number of alkyl halides is 3. The number of nitrogens with zero attached hydrogens (tertiary/aromatic N) is 1. The molecular weight excluding hydrogens is 371 g/mol. The van der Waals surface area contributed by atoms with Gasteiger partial charge in [-0.05, 0) is 62.5 Å². The monoisotopic (exact) mass is 399 g/mol. The summed E-state index contributed by atoms with van der Waals surface area (Å²) >= 11 is 0. The number of piperidine rings is 1. The highest BCUT2D eigenvalue weighted by molar-refractivity contribution is 5.68. The van der Waals surface area contributed by atoms with Crippen molar-refractivity contribution in [1.29, 1.82) is 0 Å². The molecule has 0 N–H and O–H groups in total. The Morgan fingerprint density at radius 3 is 2.50 bits per heavy atom. The fourth-order valence-corrected chi connectivity index (χ4v) is 4.43. The van der Waals surface area contributed by atoms with E-state index < -0.39 is 11.7 Å². The van der Waals surface area contributed by atoms with Crippen LogP contribution >= 0.6 is 0 Å². The zero-order chi connectivity index (χ0) is 20.1. The molecule has 0 aromatic heterocycles. The Morgan fingerprint density at radius 2 is 1.82 bits per heavy atom. The third-order valence-corrected chi connectivity index (χ3v) is 5.94. The Labute approximate surface area is 164 Å². The molecular formula is C21H28F3NO3. The van der Waals surface area contributed by atoms with E-state index in [4.69, 9.17) is 9.47 Å². The molecule has 156 valence electrons. The summed E-state index contributed by atoms with van der Waals surface area (Å²) in [6.07, 6.45) is 1.16. The van der Waals surface area contributed by atoms with Gasteiger partial charge in [0.1, 0.15) is 0 Å². The second-order valence-corrected chi connectivity index (χ2v) is 7.71. The van der Waals surface area contributed by atoms with E-state index in [0.29, 0.717) is 31.6 Å². The molecule has 1 atom stereocenters. The largest absolute Gasteiger partial charge is 0.453 e. The predicted octanol–water partition coefficient (Wildman–Crippen LogP) is 5.37. The van der Waals surface area contributed by atoms with Crippen molar-refractivity contribution in [3.05, 3.63) is 35.4 Å². The van der Waals surface area contributed by atoms with Gasteiger partial charge in [-0.3, -0.25) is 0 Å². The lowest BCUT2D eigenvalue weighted by Gasteiger charge is -2.36. The number of rotatable bonds is 4. The van der Waals surface area contributed by atoms with Crippen LogP contribution in [-0.4, -0.2) is 43.4 Å². The van der Waals surface area contributed by atoms with E-state index in [1.807, 2.05) is 0 Å². The Balaban J connectivity index is 1.53. The number of carbonyl (C=O) groups is 1.